The summed E-state index contributed by atoms with van der Waals surface area (Å²) in [5.41, 5.74) is 1.66. The van der Waals surface area contributed by atoms with Gasteiger partial charge in [-0.2, -0.15) is 0 Å². The number of carboxylic acid groups (broad SMARTS) is 2. The first kappa shape index (κ1) is 12.2. The maximum Gasteiger partial charge on any atom is 0.318 e. The molecule has 2 rings (SSSR count). The summed E-state index contributed by atoms with van der Waals surface area (Å²) in [6.07, 6.45) is -0.0180. The van der Waals surface area contributed by atoms with Gasteiger partial charge in [-0.05, 0) is 17.5 Å². The molecule has 0 saturated carbocycles. The lowest BCUT2D eigenvalue weighted by Crippen LogP contribution is -2.26. The van der Waals surface area contributed by atoms with Gasteiger partial charge in [0.1, 0.15) is 0 Å². The highest BCUT2D eigenvalue weighted by Gasteiger charge is 2.27. The minimum Gasteiger partial charge on any atom is -0.481 e. The summed E-state index contributed by atoms with van der Waals surface area (Å²) in [6.45, 7) is 0. The average molecular weight is 247 g/mol. The number of fused-ring (bicyclic) bond motifs is 1. The maximum atomic E-state index is 10.9. The number of nitrogens with zero attached hydrogens (tertiary/aromatic N) is 1. The van der Waals surface area contributed by atoms with E-state index in [1.807, 2.05) is 34.9 Å². The molecule has 1 aromatic heterocycles. The molecule has 0 aliphatic rings. The van der Waals surface area contributed by atoms with Crippen LogP contribution in [0.5, 0.6) is 0 Å². The number of aryl methyl sites for hydroxylation is 1. The molecule has 2 aromatic rings. The highest BCUT2D eigenvalue weighted by atomic mass is 16.4. The summed E-state index contributed by atoms with van der Waals surface area (Å²) >= 11 is 0. The highest BCUT2D eigenvalue weighted by Crippen LogP contribution is 2.20. The van der Waals surface area contributed by atoms with Crippen LogP contribution < -0.4 is 0 Å². The molecule has 0 fully saturated rings. The summed E-state index contributed by atoms with van der Waals surface area (Å²) in [7, 11) is 1.80. The SMILES string of the molecule is Cn1c(CC(C(=O)O)C(=O)O)cc2ccccc21. The number of para-hydroxylation sites is 1. The van der Waals surface area contributed by atoms with Crippen LogP contribution in [0.15, 0.2) is 30.3 Å². The summed E-state index contributed by atoms with van der Waals surface area (Å²) in [6, 6.07) is 9.43. The quantitative estimate of drug-likeness (QED) is 0.802. The van der Waals surface area contributed by atoms with E-state index < -0.39 is 17.9 Å². The molecule has 5 nitrogen and oxygen atoms in total. The van der Waals surface area contributed by atoms with E-state index in [2.05, 4.69) is 0 Å². The van der Waals surface area contributed by atoms with E-state index in [4.69, 9.17) is 10.2 Å². The summed E-state index contributed by atoms with van der Waals surface area (Å²) < 4.78 is 1.83. The topological polar surface area (TPSA) is 79.5 Å². The Morgan fingerprint density at radius 1 is 1.22 bits per heavy atom. The number of aromatic nitrogens is 1. The molecule has 0 spiro atoms. The van der Waals surface area contributed by atoms with Crippen molar-refractivity contribution in [2.24, 2.45) is 13.0 Å². The summed E-state index contributed by atoms with van der Waals surface area (Å²) in [5.74, 6) is -4.03. The minimum absolute atomic E-state index is 0.0180. The van der Waals surface area contributed by atoms with Crippen LogP contribution >= 0.6 is 0 Å². The molecule has 0 bridgehead atoms. The fourth-order valence-electron chi connectivity index (χ4n) is 2.03. The molecule has 2 N–H and O–H groups in total. The van der Waals surface area contributed by atoms with Crippen LogP contribution in [-0.2, 0) is 23.1 Å². The lowest BCUT2D eigenvalue weighted by Gasteiger charge is -2.08. The van der Waals surface area contributed by atoms with Crippen LogP contribution in [0.25, 0.3) is 10.9 Å². The van der Waals surface area contributed by atoms with Crippen LogP contribution in [0.1, 0.15) is 5.69 Å². The van der Waals surface area contributed by atoms with Gasteiger partial charge in [0.2, 0.25) is 0 Å². The van der Waals surface area contributed by atoms with Crippen LogP contribution in [0.3, 0.4) is 0 Å². The Kier molecular flexibility index (Phi) is 3.06. The van der Waals surface area contributed by atoms with Crippen LogP contribution in [0, 0.1) is 5.92 Å². The van der Waals surface area contributed by atoms with E-state index >= 15 is 0 Å². The average Bonchev–Trinajstić information content (AvgIpc) is 2.63. The first-order valence-corrected chi connectivity index (χ1v) is 5.49. The molecule has 0 radical (unpaired) electrons. The molecule has 0 atom stereocenters. The van der Waals surface area contributed by atoms with Crippen LogP contribution in [0.4, 0.5) is 0 Å². The predicted octanol–water partition coefficient (Wildman–Crippen LogP) is 1.51. The third kappa shape index (κ3) is 2.07. The first-order valence-electron chi connectivity index (χ1n) is 5.49. The van der Waals surface area contributed by atoms with Gasteiger partial charge in [0.05, 0.1) is 0 Å². The molecule has 94 valence electrons. The molecule has 0 aliphatic carbocycles. The second-order valence-electron chi connectivity index (χ2n) is 4.19. The van der Waals surface area contributed by atoms with Gasteiger partial charge in [0.15, 0.2) is 5.92 Å². The largest absolute Gasteiger partial charge is 0.481 e. The van der Waals surface area contributed by atoms with Crippen LogP contribution in [-0.4, -0.2) is 26.7 Å². The molecule has 1 aromatic carbocycles. The molecule has 18 heavy (non-hydrogen) atoms. The number of hydrogen-bond acceptors (Lipinski definition) is 2. The standard InChI is InChI=1S/C13H13NO4/c1-14-9(7-10(12(15)16)13(17)18)6-8-4-2-3-5-11(8)14/h2-6,10H,7H2,1H3,(H,15,16)(H,17,18). The molecule has 5 heteroatoms. The monoisotopic (exact) mass is 247 g/mol. The number of benzene rings is 1. The van der Waals surface area contributed by atoms with E-state index in [1.165, 1.54) is 0 Å². The van der Waals surface area contributed by atoms with Gasteiger partial charge < -0.3 is 14.8 Å². The van der Waals surface area contributed by atoms with Gasteiger partial charge in [0.25, 0.3) is 0 Å². The Morgan fingerprint density at radius 3 is 2.39 bits per heavy atom. The third-order valence-electron chi connectivity index (χ3n) is 3.06. The predicted molar refractivity (Wildman–Crippen MR) is 65.4 cm³/mol. The summed E-state index contributed by atoms with van der Waals surface area (Å²) in [4.78, 5) is 21.8. The van der Waals surface area contributed by atoms with Crippen LogP contribution in [0.2, 0.25) is 0 Å². The molecular formula is C13H13NO4. The fourth-order valence-corrected chi connectivity index (χ4v) is 2.03. The minimum atomic E-state index is -1.41. The molecule has 0 amide bonds. The van der Waals surface area contributed by atoms with Gasteiger partial charge in [-0.15, -0.1) is 0 Å². The van der Waals surface area contributed by atoms with Crippen molar-refractivity contribution in [2.75, 3.05) is 0 Å². The Bertz CT molecular complexity index is 600. The maximum absolute atomic E-state index is 10.9. The van der Waals surface area contributed by atoms with Crippen molar-refractivity contribution in [1.82, 2.24) is 4.57 Å². The number of aliphatic carboxylic acids is 2. The summed E-state index contributed by atoms with van der Waals surface area (Å²) in [5, 5.41) is 18.7. The number of carboxylic acids is 2. The molecule has 1 heterocycles. The van der Waals surface area contributed by atoms with Gasteiger partial charge >= 0.3 is 11.9 Å². The zero-order valence-corrected chi connectivity index (χ0v) is 9.83. The molecule has 0 unspecified atom stereocenters. The normalized spacial score (nSPS) is 11.0. The van der Waals surface area contributed by atoms with Crippen molar-refractivity contribution in [2.45, 2.75) is 6.42 Å². The van der Waals surface area contributed by atoms with Gasteiger partial charge in [-0.1, -0.05) is 18.2 Å². The van der Waals surface area contributed by atoms with E-state index in [0.717, 1.165) is 10.9 Å². The first-order chi connectivity index (χ1) is 8.50. The Balaban J connectivity index is 2.39. The number of rotatable bonds is 4. The van der Waals surface area contributed by atoms with E-state index in [-0.39, 0.29) is 6.42 Å². The smallest absolute Gasteiger partial charge is 0.318 e. The van der Waals surface area contributed by atoms with Crippen molar-refractivity contribution in [1.29, 1.82) is 0 Å². The van der Waals surface area contributed by atoms with Crippen molar-refractivity contribution in [3.63, 3.8) is 0 Å². The number of carbonyl (C=O) groups is 2. The fraction of sp³-hybridized carbons (Fsp3) is 0.231. The van der Waals surface area contributed by atoms with E-state index in [1.54, 1.807) is 7.05 Å². The van der Waals surface area contributed by atoms with Crippen molar-refractivity contribution < 1.29 is 19.8 Å². The molecule has 0 saturated heterocycles. The zero-order valence-electron chi connectivity index (χ0n) is 9.83. The van der Waals surface area contributed by atoms with Gasteiger partial charge in [0, 0.05) is 24.7 Å². The second kappa shape index (κ2) is 4.52. The Morgan fingerprint density at radius 2 is 1.83 bits per heavy atom. The van der Waals surface area contributed by atoms with E-state index in [0.29, 0.717) is 5.69 Å². The lowest BCUT2D eigenvalue weighted by atomic mass is 10.0. The van der Waals surface area contributed by atoms with Gasteiger partial charge in [-0.25, -0.2) is 0 Å². The third-order valence-corrected chi connectivity index (χ3v) is 3.06. The highest BCUT2D eigenvalue weighted by molar-refractivity contribution is 5.93. The Labute approximate surface area is 103 Å². The number of hydrogen-bond donors (Lipinski definition) is 2. The second-order valence-corrected chi connectivity index (χ2v) is 4.19. The van der Waals surface area contributed by atoms with Crippen molar-refractivity contribution in [3.05, 3.63) is 36.0 Å². The molecule has 0 aliphatic heterocycles. The van der Waals surface area contributed by atoms with E-state index in [9.17, 15) is 9.59 Å². The van der Waals surface area contributed by atoms with Crippen molar-refractivity contribution >= 4 is 22.8 Å². The van der Waals surface area contributed by atoms with Gasteiger partial charge in [-0.3, -0.25) is 9.59 Å². The lowest BCUT2D eigenvalue weighted by molar-refractivity contribution is -0.154. The van der Waals surface area contributed by atoms with Crippen molar-refractivity contribution in [3.8, 4) is 0 Å². The molecular weight excluding hydrogens is 234 g/mol. The Hall–Kier alpha value is -2.30. The zero-order chi connectivity index (χ0) is 13.3.